The number of phenolic OH excluding ortho intramolecular Hbond substituents is 1. The molecule has 0 saturated heterocycles. The van der Waals surface area contributed by atoms with Gasteiger partial charge < -0.3 is 10.4 Å². The van der Waals surface area contributed by atoms with Gasteiger partial charge in [-0.25, -0.2) is 0 Å². The third-order valence-corrected chi connectivity index (χ3v) is 4.60. The molecular formula is C16H16ClNO2. The molecule has 4 heteroatoms. The summed E-state index contributed by atoms with van der Waals surface area (Å²) in [5.41, 5.74) is 0.0107. The monoisotopic (exact) mass is 289 g/mol. The maximum Gasteiger partial charge on any atom is 0.255 e. The fourth-order valence-electron chi connectivity index (χ4n) is 2.64. The standard InChI is InChI=1S/C16H16ClNO2/c17-10-16(8-3-9-16)18-15(20)13-7-6-11-4-1-2-5-12(11)14(13)19/h1-2,4-7,19H,3,8-10H2,(H,18,20). The molecule has 1 aliphatic carbocycles. The zero-order valence-corrected chi connectivity index (χ0v) is 11.8. The molecular weight excluding hydrogens is 274 g/mol. The van der Waals surface area contributed by atoms with Crippen molar-refractivity contribution in [1.82, 2.24) is 5.32 Å². The molecule has 1 aliphatic rings. The van der Waals surface area contributed by atoms with Crippen molar-refractivity contribution in [1.29, 1.82) is 0 Å². The van der Waals surface area contributed by atoms with E-state index in [4.69, 9.17) is 11.6 Å². The maximum absolute atomic E-state index is 12.3. The molecule has 0 aromatic heterocycles. The molecule has 20 heavy (non-hydrogen) atoms. The number of hydrogen-bond donors (Lipinski definition) is 2. The summed E-state index contributed by atoms with van der Waals surface area (Å²) in [6.45, 7) is 0. The van der Waals surface area contributed by atoms with Crippen LogP contribution in [-0.4, -0.2) is 22.4 Å². The minimum absolute atomic E-state index is 0.0321. The van der Waals surface area contributed by atoms with Crippen LogP contribution in [0.5, 0.6) is 5.75 Å². The lowest BCUT2D eigenvalue weighted by Crippen LogP contribution is -2.55. The van der Waals surface area contributed by atoms with E-state index in [1.807, 2.05) is 30.3 Å². The van der Waals surface area contributed by atoms with Gasteiger partial charge in [0.25, 0.3) is 5.91 Å². The number of halogens is 1. The smallest absolute Gasteiger partial charge is 0.255 e. The van der Waals surface area contributed by atoms with Crippen molar-refractivity contribution in [3.63, 3.8) is 0 Å². The van der Waals surface area contributed by atoms with Gasteiger partial charge in [0, 0.05) is 11.3 Å². The lowest BCUT2D eigenvalue weighted by atomic mass is 9.78. The van der Waals surface area contributed by atoms with E-state index in [-0.39, 0.29) is 17.2 Å². The van der Waals surface area contributed by atoms with Gasteiger partial charge in [0.05, 0.1) is 11.1 Å². The maximum atomic E-state index is 12.3. The molecule has 2 aromatic carbocycles. The summed E-state index contributed by atoms with van der Waals surface area (Å²) in [4.78, 5) is 12.3. The largest absolute Gasteiger partial charge is 0.506 e. The van der Waals surface area contributed by atoms with Gasteiger partial charge in [-0.2, -0.15) is 0 Å². The molecule has 1 amide bonds. The van der Waals surface area contributed by atoms with Crippen LogP contribution < -0.4 is 5.32 Å². The van der Waals surface area contributed by atoms with Gasteiger partial charge in [0.15, 0.2) is 0 Å². The fraction of sp³-hybridized carbons (Fsp3) is 0.312. The van der Waals surface area contributed by atoms with Crippen molar-refractivity contribution in [2.45, 2.75) is 24.8 Å². The molecule has 104 valence electrons. The summed E-state index contributed by atoms with van der Waals surface area (Å²) in [5, 5.41) is 14.9. The van der Waals surface area contributed by atoms with E-state index in [1.165, 1.54) is 0 Å². The highest BCUT2D eigenvalue weighted by Crippen LogP contribution is 2.34. The van der Waals surface area contributed by atoms with Crippen molar-refractivity contribution < 1.29 is 9.90 Å². The van der Waals surface area contributed by atoms with Gasteiger partial charge in [-0.05, 0) is 30.7 Å². The van der Waals surface area contributed by atoms with Crippen LogP contribution in [0.15, 0.2) is 36.4 Å². The van der Waals surface area contributed by atoms with Crippen molar-refractivity contribution in [3.05, 3.63) is 42.0 Å². The van der Waals surface area contributed by atoms with Crippen LogP contribution in [0, 0.1) is 0 Å². The topological polar surface area (TPSA) is 49.3 Å². The van der Waals surface area contributed by atoms with Gasteiger partial charge in [-0.15, -0.1) is 11.6 Å². The second kappa shape index (κ2) is 4.98. The first-order valence-corrected chi connectivity index (χ1v) is 7.28. The lowest BCUT2D eigenvalue weighted by molar-refractivity contribution is 0.0851. The van der Waals surface area contributed by atoms with Crippen molar-refractivity contribution >= 4 is 28.3 Å². The number of rotatable bonds is 3. The van der Waals surface area contributed by atoms with E-state index < -0.39 is 0 Å². The van der Waals surface area contributed by atoms with Gasteiger partial charge in [-0.3, -0.25) is 4.79 Å². The Labute approximate surface area is 122 Å². The summed E-state index contributed by atoms with van der Waals surface area (Å²) >= 11 is 5.95. The van der Waals surface area contributed by atoms with Gasteiger partial charge in [0.2, 0.25) is 0 Å². The predicted molar refractivity (Wildman–Crippen MR) is 80.4 cm³/mol. The molecule has 0 bridgehead atoms. The molecule has 1 saturated carbocycles. The Kier molecular flexibility index (Phi) is 3.30. The number of phenols is 1. The molecule has 1 fully saturated rings. The van der Waals surface area contributed by atoms with Gasteiger partial charge in [-0.1, -0.05) is 30.3 Å². The molecule has 0 spiro atoms. The zero-order valence-electron chi connectivity index (χ0n) is 11.0. The van der Waals surface area contributed by atoms with E-state index in [1.54, 1.807) is 6.07 Å². The number of alkyl halides is 1. The average Bonchev–Trinajstić information content (AvgIpc) is 2.43. The van der Waals surface area contributed by atoms with E-state index in [9.17, 15) is 9.90 Å². The van der Waals surface area contributed by atoms with Crippen LogP contribution in [0.1, 0.15) is 29.6 Å². The second-order valence-corrected chi connectivity index (χ2v) is 5.67. The number of carbonyl (C=O) groups is 1. The molecule has 3 rings (SSSR count). The first-order valence-electron chi connectivity index (χ1n) is 6.74. The summed E-state index contributed by atoms with van der Waals surface area (Å²) in [5.74, 6) is 0.186. The third kappa shape index (κ3) is 2.12. The molecule has 0 radical (unpaired) electrons. The predicted octanol–water partition coefficient (Wildman–Crippen LogP) is 3.44. The first-order chi connectivity index (χ1) is 9.65. The molecule has 2 aromatic rings. The number of hydrogen-bond acceptors (Lipinski definition) is 2. The summed E-state index contributed by atoms with van der Waals surface area (Å²) in [6, 6.07) is 11.0. The molecule has 2 N–H and O–H groups in total. The molecule has 3 nitrogen and oxygen atoms in total. The number of benzene rings is 2. The second-order valence-electron chi connectivity index (χ2n) is 5.40. The van der Waals surface area contributed by atoms with Crippen molar-refractivity contribution in [3.8, 4) is 5.75 Å². The molecule has 0 heterocycles. The third-order valence-electron chi connectivity index (χ3n) is 4.09. The van der Waals surface area contributed by atoms with Crippen molar-refractivity contribution in [2.24, 2.45) is 0 Å². The Balaban J connectivity index is 1.94. The Morgan fingerprint density at radius 1 is 1.25 bits per heavy atom. The van der Waals surface area contributed by atoms with E-state index in [0.29, 0.717) is 16.8 Å². The van der Waals surface area contributed by atoms with Crippen LogP contribution in [0.4, 0.5) is 0 Å². The fourth-order valence-corrected chi connectivity index (χ4v) is 2.98. The highest BCUT2D eigenvalue weighted by Gasteiger charge is 2.38. The van der Waals surface area contributed by atoms with Crippen LogP contribution >= 0.6 is 11.6 Å². The van der Waals surface area contributed by atoms with E-state index in [0.717, 1.165) is 24.6 Å². The minimum Gasteiger partial charge on any atom is -0.506 e. The van der Waals surface area contributed by atoms with Crippen LogP contribution in [0.2, 0.25) is 0 Å². The Bertz CT molecular complexity index is 659. The Morgan fingerprint density at radius 2 is 2.00 bits per heavy atom. The average molecular weight is 290 g/mol. The zero-order chi connectivity index (χ0) is 14.2. The lowest BCUT2D eigenvalue weighted by Gasteiger charge is -2.41. The molecule has 0 atom stereocenters. The normalized spacial score (nSPS) is 16.6. The Morgan fingerprint density at radius 3 is 2.65 bits per heavy atom. The minimum atomic E-state index is -0.295. The Hall–Kier alpha value is -1.74. The highest BCUT2D eigenvalue weighted by atomic mass is 35.5. The number of nitrogens with one attached hydrogen (secondary N) is 1. The quantitative estimate of drug-likeness (QED) is 0.851. The van der Waals surface area contributed by atoms with E-state index >= 15 is 0 Å². The first kappa shape index (κ1) is 13.3. The van der Waals surface area contributed by atoms with Crippen molar-refractivity contribution in [2.75, 3.05) is 5.88 Å². The number of amides is 1. The number of carbonyl (C=O) groups excluding carboxylic acids is 1. The highest BCUT2D eigenvalue weighted by molar-refractivity contribution is 6.19. The van der Waals surface area contributed by atoms with Gasteiger partial charge in [0.1, 0.15) is 5.75 Å². The van der Waals surface area contributed by atoms with E-state index in [2.05, 4.69) is 5.32 Å². The van der Waals surface area contributed by atoms with Crippen LogP contribution in [0.3, 0.4) is 0 Å². The SMILES string of the molecule is O=C(NC1(CCl)CCC1)c1ccc2ccccc2c1O. The molecule has 0 aliphatic heterocycles. The van der Waals surface area contributed by atoms with Crippen LogP contribution in [0.25, 0.3) is 10.8 Å². The summed E-state index contributed by atoms with van der Waals surface area (Å²) in [7, 11) is 0. The van der Waals surface area contributed by atoms with Crippen LogP contribution in [-0.2, 0) is 0 Å². The number of aromatic hydroxyl groups is 1. The number of fused-ring (bicyclic) bond motifs is 1. The van der Waals surface area contributed by atoms with Gasteiger partial charge >= 0.3 is 0 Å². The summed E-state index contributed by atoms with van der Waals surface area (Å²) < 4.78 is 0. The summed E-state index contributed by atoms with van der Waals surface area (Å²) in [6.07, 6.45) is 2.88. The molecule has 0 unspecified atom stereocenters.